The number of hydrogen-bond donors (Lipinski definition) is 1. The summed E-state index contributed by atoms with van der Waals surface area (Å²) in [6, 6.07) is 7.11. The van der Waals surface area contributed by atoms with Gasteiger partial charge in [0, 0.05) is 43.2 Å². The topological polar surface area (TPSA) is 28.2 Å². The summed E-state index contributed by atoms with van der Waals surface area (Å²) in [7, 11) is 2.20. The highest BCUT2D eigenvalue weighted by atomic mass is 15.1. The zero-order valence-corrected chi connectivity index (χ0v) is 13.5. The summed E-state index contributed by atoms with van der Waals surface area (Å²) in [5.74, 6) is 0. The van der Waals surface area contributed by atoms with E-state index in [-0.39, 0.29) is 0 Å². The minimum Gasteiger partial charge on any atom is -0.310 e. The molecule has 2 heterocycles. The third kappa shape index (κ3) is 2.94. The zero-order chi connectivity index (χ0) is 15.0. The standard InChI is InChI=1S/C18H25N3/c1-12(2)19-10-15-14-9-13(3)5-6-17(14)20-18-7-8-21(4)11-16(15)18/h5-6,9,12,19H,7-8,10-11H2,1-4H3. The van der Waals surface area contributed by atoms with Crippen molar-refractivity contribution in [2.24, 2.45) is 0 Å². The molecule has 1 aliphatic heterocycles. The van der Waals surface area contributed by atoms with Gasteiger partial charge in [0.05, 0.1) is 5.52 Å². The molecular formula is C18H25N3. The summed E-state index contributed by atoms with van der Waals surface area (Å²) in [4.78, 5) is 7.32. The first kappa shape index (κ1) is 14.5. The fourth-order valence-electron chi connectivity index (χ4n) is 3.09. The number of benzene rings is 1. The highest BCUT2D eigenvalue weighted by Gasteiger charge is 2.20. The molecule has 1 aromatic heterocycles. The Bertz CT molecular complexity index is 661. The SMILES string of the molecule is Cc1ccc2nc3c(c(CNC(C)C)c2c1)CN(C)CC3. The van der Waals surface area contributed by atoms with Crippen molar-refractivity contribution in [2.45, 2.75) is 46.3 Å². The molecule has 2 aromatic rings. The Morgan fingerprint density at radius 1 is 1.33 bits per heavy atom. The Kier molecular flexibility index (Phi) is 3.96. The molecule has 0 unspecified atom stereocenters. The summed E-state index contributed by atoms with van der Waals surface area (Å²) < 4.78 is 0. The van der Waals surface area contributed by atoms with Gasteiger partial charge in [-0.15, -0.1) is 0 Å². The van der Waals surface area contributed by atoms with Crippen LogP contribution < -0.4 is 5.32 Å². The van der Waals surface area contributed by atoms with Crippen LogP contribution in [0.4, 0.5) is 0 Å². The number of rotatable bonds is 3. The second-order valence-corrected chi connectivity index (χ2v) is 6.56. The van der Waals surface area contributed by atoms with Crippen molar-refractivity contribution in [2.75, 3.05) is 13.6 Å². The van der Waals surface area contributed by atoms with Crippen LogP contribution in [0.1, 0.15) is 36.2 Å². The van der Waals surface area contributed by atoms with E-state index in [9.17, 15) is 0 Å². The molecular weight excluding hydrogens is 258 g/mol. The van der Waals surface area contributed by atoms with Crippen molar-refractivity contribution < 1.29 is 0 Å². The van der Waals surface area contributed by atoms with Gasteiger partial charge in [0.15, 0.2) is 0 Å². The maximum atomic E-state index is 4.92. The van der Waals surface area contributed by atoms with Gasteiger partial charge in [-0.05, 0) is 37.2 Å². The molecule has 0 fully saturated rings. The minimum atomic E-state index is 0.495. The molecule has 3 heteroatoms. The Hall–Kier alpha value is -1.45. The van der Waals surface area contributed by atoms with Crippen LogP contribution >= 0.6 is 0 Å². The molecule has 21 heavy (non-hydrogen) atoms. The minimum absolute atomic E-state index is 0.495. The van der Waals surface area contributed by atoms with Gasteiger partial charge in [0.1, 0.15) is 0 Å². The summed E-state index contributed by atoms with van der Waals surface area (Å²) >= 11 is 0. The van der Waals surface area contributed by atoms with Gasteiger partial charge in [0.25, 0.3) is 0 Å². The molecule has 0 atom stereocenters. The Labute approximate surface area is 127 Å². The number of hydrogen-bond acceptors (Lipinski definition) is 3. The number of aryl methyl sites for hydroxylation is 1. The van der Waals surface area contributed by atoms with Crippen molar-refractivity contribution in [1.82, 2.24) is 15.2 Å². The predicted molar refractivity (Wildman–Crippen MR) is 88.5 cm³/mol. The van der Waals surface area contributed by atoms with E-state index in [1.807, 2.05) is 0 Å². The van der Waals surface area contributed by atoms with E-state index in [2.05, 4.69) is 56.2 Å². The van der Waals surface area contributed by atoms with Crippen LogP contribution in [0.15, 0.2) is 18.2 Å². The number of likely N-dealkylation sites (N-methyl/N-ethyl adjacent to an activating group) is 1. The van der Waals surface area contributed by atoms with Crippen LogP contribution in [0.3, 0.4) is 0 Å². The molecule has 0 aliphatic carbocycles. The highest BCUT2D eigenvalue weighted by molar-refractivity contribution is 5.84. The normalized spacial score (nSPS) is 15.7. The van der Waals surface area contributed by atoms with Gasteiger partial charge >= 0.3 is 0 Å². The van der Waals surface area contributed by atoms with E-state index >= 15 is 0 Å². The largest absolute Gasteiger partial charge is 0.310 e. The summed E-state index contributed by atoms with van der Waals surface area (Å²) in [6.07, 6.45) is 1.06. The van der Waals surface area contributed by atoms with Gasteiger partial charge in [0.2, 0.25) is 0 Å². The second kappa shape index (κ2) is 5.74. The predicted octanol–water partition coefficient (Wildman–Crippen LogP) is 3.03. The summed E-state index contributed by atoms with van der Waals surface area (Å²) in [6.45, 7) is 9.61. The van der Waals surface area contributed by atoms with Gasteiger partial charge in [-0.2, -0.15) is 0 Å². The number of pyridine rings is 1. The third-order valence-electron chi connectivity index (χ3n) is 4.29. The first-order chi connectivity index (χ1) is 10.0. The fraction of sp³-hybridized carbons (Fsp3) is 0.500. The van der Waals surface area contributed by atoms with Gasteiger partial charge in [-0.3, -0.25) is 4.98 Å². The van der Waals surface area contributed by atoms with E-state index in [1.165, 1.54) is 27.8 Å². The number of fused-ring (bicyclic) bond motifs is 2. The van der Waals surface area contributed by atoms with E-state index in [4.69, 9.17) is 4.98 Å². The molecule has 0 saturated heterocycles. The van der Waals surface area contributed by atoms with E-state index in [0.717, 1.165) is 31.6 Å². The molecule has 1 aromatic carbocycles. The highest BCUT2D eigenvalue weighted by Crippen LogP contribution is 2.28. The molecule has 112 valence electrons. The van der Waals surface area contributed by atoms with Crippen molar-refractivity contribution in [3.8, 4) is 0 Å². The van der Waals surface area contributed by atoms with Gasteiger partial charge in [-0.25, -0.2) is 0 Å². The van der Waals surface area contributed by atoms with Gasteiger partial charge in [-0.1, -0.05) is 25.5 Å². The molecule has 1 aliphatic rings. The lowest BCUT2D eigenvalue weighted by Gasteiger charge is -2.28. The van der Waals surface area contributed by atoms with Crippen molar-refractivity contribution in [3.63, 3.8) is 0 Å². The van der Waals surface area contributed by atoms with Crippen LogP contribution in [0.25, 0.3) is 10.9 Å². The van der Waals surface area contributed by atoms with E-state index < -0.39 is 0 Å². The van der Waals surface area contributed by atoms with Crippen molar-refractivity contribution in [1.29, 1.82) is 0 Å². The molecule has 3 rings (SSSR count). The molecule has 0 saturated carbocycles. The lowest BCUT2D eigenvalue weighted by Crippen LogP contribution is -2.30. The van der Waals surface area contributed by atoms with Crippen LogP contribution in [-0.2, 0) is 19.5 Å². The van der Waals surface area contributed by atoms with Crippen LogP contribution in [0.2, 0.25) is 0 Å². The molecule has 0 amide bonds. The summed E-state index contributed by atoms with van der Waals surface area (Å²) in [5, 5.41) is 4.91. The average Bonchev–Trinajstić information content (AvgIpc) is 2.44. The van der Waals surface area contributed by atoms with Crippen LogP contribution in [0.5, 0.6) is 0 Å². The molecule has 0 bridgehead atoms. The lowest BCUT2D eigenvalue weighted by atomic mass is 9.95. The maximum Gasteiger partial charge on any atom is 0.0708 e. The third-order valence-corrected chi connectivity index (χ3v) is 4.29. The zero-order valence-electron chi connectivity index (χ0n) is 13.5. The fourth-order valence-corrected chi connectivity index (χ4v) is 3.09. The van der Waals surface area contributed by atoms with Crippen LogP contribution in [-0.4, -0.2) is 29.5 Å². The smallest absolute Gasteiger partial charge is 0.0708 e. The van der Waals surface area contributed by atoms with Crippen molar-refractivity contribution in [3.05, 3.63) is 40.6 Å². The first-order valence-electron chi connectivity index (χ1n) is 7.87. The van der Waals surface area contributed by atoms with Gasteiger partial charge < -0.3 is 10.2 Å². The molecule has 3 nitrogen and oxygen atoms in total. The Balaban J connectivity index is 2.16. The Morgan fingerprint density at radius 2 is 2.14 bits per heavy atom. The van der Waals surface area contributed by atoms with E-state index in [1.54, 1.807) is 0 Å². The average molecular weight is 283 g/mol. The monoisotopic (exact) mass is 283 g/mol. The molecule has 0 spiro atoms. The van der Waals surface area contributed by atoms with Crippen molar-refractivity contribution >= 4 is 10.9 Å². The quantitative estimate of drug-likeness (QED) is 0.938. The summed E-state index contributed by atoms with van der Waals surface area (Å²) in [5.41, 5.74) is 6.63. The lowest BCUT2D eigenvalue weighted by molar-refractivity contribution is 0.308. The van der Waals surface area contributed by atoms with Crippen LogP contribution in [0, 0.1) is 6.92 Å². The second-order valence-electron chi connectivity index (χ2n) is 6.56. The number of nitrogens with zero attached hydrogens (tertiary/aromatic N) is 2. The maximum absolute atomic E-state index is 4.92. The van der Waals surface area contributed by atoms with E-state index in [0.29, 0.717) is 6.04 Å². The number of nitrogens with one attached hydrogen (secondary N) is 1. The molecule has 1 N–H and O–H groups in total. The first-order valence-corrected chi connectivity index (χ1v) is 7.87. The Morgan fingerprint density at radius 3 is 2.90 bits per heavy atom. The molecule has 0 radical (unpaired) electrons. The number of aromatic nitrogens is 1.